The third kappa shape index (κ3) is 6.42. The minimum Gasteiger partial charge on any atom is -0.497 e. The molecule has 0 radical (unpaired) electrons. The highest BCUT2D eigenvalue weighted by Crippen LogP contribution is 2.29. The summed E-state index contributed by atoms with van der Waals surface area (Å²) in [7, 11) is 4.59. The minimum atomic E-state index is -0.883. The molecule has 4 rings (SSSR count). The second kappa shape index (κ2) is 12.0. The van der Waals surface area contributed by atoms with Gasteiger partial charge in [0.15, 0.2) is 0 Å². The van der Waals surface area contributed by atoms with E-state index < -0.39 is 17.9 Å². The van der Waals surface area contributed by atoms with Gasteiger partial charge in [-0.25, -0.2) is 0 Å². The lowest BCUT2D eigenvalue weighted by Gasteiger charge is -2.19. The number of hydrogen-bond donors (Lipinski definition) is 2. The Morgan fingerprint density at radius 3 is 2.35 bits per heavy atom. The number of nitrogens with zero attached hydrogens (tertiary/aromatic N) is 2. The number of anilines is 1. The molecule has 2 amide bonds. The number of methoxy groups -OCH3 is 3. The van der Waals surface area contributed by atoms with Crippen LogP contribution in [-0.4, -0.2) is 49.4 Å². The van der Waals surface area contributed by atoms with E-state index in [0.717, 1.165) is 11.1 Å². The van der Waals surface area contributed by atoms with Crippen LogP contribution in [0.3, 0.4) is 0 Å². The zero-order valence-corrected chi connectivity index (χ0v) is 21.4. The van der Waals surface area contributed by atoms with Crippen molar-refractivity contribution in [3.05, 3.63) is 83.9 Å². The molecule has 0 aliphatic carbocycles. The van der Waals surface area contributed by atoms with Crippen LogP contribution in [0.1, 0.15) is 15.9 Å². The van der Waals surface area contributed by atoms with Gasteiger partial charge in [-0.2, -0.15) is 0 Å². The van der Waals surface area contributed by atoms with Crippen molar-refractivity contribution in [1.82, 2.24) is 15.5 Å². The first-order valence-electron chi connectivity index (χ1n) is 11.4. The van der Waals surface area contributed by atoms with Crippen molar-refractivity contribution in [3.8, 4) is 27.8 Å². The monoisotopic (exact) mass is 518 g/mol. The highest BCUT2D eigenvalue weighted by molar-refractivity contribution is 7.18. The van der Waals surface area contributed by atoms with E-state index in [2.05, 4.69) is 20.8 Å². The summed E-state index contributed by atoms with van der Waals surface area (Å²) in [5, 5.41) is 14.9. The average Bonchev–Trinajstić information content (AvgIpc) is 3.41. The summed E-state index contributed by atoms with van der Waals surface area (Å²) < 4.78 is 15.8. The highest BCUT2D eigenvalue weighted by Gasteiger charge is 2.25. The number of ether oxygens (including phenoxy) is 3. The SMILES string of the molecule is COc1cccc(-c2nnc(NC(=O)C(Cc3ccccc3)NC(=O)c3ccc(OC)cc3OC)s2)c1. The van der Waals surface area contributed by atoms with E-state index in [9.17, 15) is 9.59 Å². The molecule has 0 spiro atoms. The first kappa shape index (κ1) is 25.6. The van der Waals surface area contributed by atoms with Gasteiger partial charge in [-0.3, -0.25) is 14.9 Å². The highest BCUT2D eigenvalue weighted by atomic mass is 32.1. The smallest absolute Gasteiger partial charge is 0.255 e. The van der Waals surface area contributed by atoms with Crippen molar-refractivity contribution < 1.29 is 23.8 Å². The van der Waals surface area contributed by atoms with E-state index in [1.54, 1.807) is 25.3 Å². The van der Waals surface area contributed by atoms with E-state index in [4.69, 9.17) is 14.2 Å². The number of aromatic nitrogens is 2. The molecule has 0 fully saturated rings. The average molecular weight is 519 g/mol. The molecule has 9 nitrogen and oxygen atoms in total. The second-order valence-corrected chi connectivity index (χ2v) is 8.89. The van der Waals surface area contributed by atoms with E-state index in [1.165, 1.54) is 25.6 Å². The van der Waals surface area contributed by atoms with Crippen LogP contribution in [0.4, 0.5) is 5.13 Å². The zero-order chi connectivity index (χ0) is 26.2. The molecule has 1 aromatic heterocycles. The van der Waals surface area contributed by atoms with Gasteiger partial charge in [0.2, 0.25) is 11.0 Å². The molecule has 1 unspecified atom stereocenters. The Hall–Kier alpha value is -4.44. The van der Waals surface area contributed by atoms with Crippen molar-refractivity contribution in [2.75, 3.05) is 26.6 Å². The number of hydrogen-bond acceptors (Lipinski definition) is 8. The van der Waals surface area contributed by atoms with Crippen LogP contribution in [0.2, 0.25) is 0 Å². The number of nitrogens with one attached hydrogen (secondary N) is 2. The quantitative estimate of drug-likeness (QED) is 0.323. The van der Waals surface area contributed by atoms with E-state index in [0.29, 0.717) is 27.4 Å². The molecular weight excluding hydrogens is 492 g/mol. The molecule has 3 aromatic carbocycles. The summed E-state index contributed by atoms with van der Waals surface area (Å²) in [6, 6.07) is 20.8. The molecule has 1 heterocycles. The van der Waals surface area contributed by atoms with Crippen LogP contribution in [0, 0.1) is 0 Å². The van der Waals surface area contributed by atoms with Crippen LogP contribution in [0.15, 0.2) is 72.8 Å². The van der Waals surface area contributed by atoms with Gasteiger partial charge in [0.05, 0.1) is 26.9 Å². The summed E-state index contributed by atoms with van der Waals surface area (Å²) >= 11 is 1.23. The summed E-state index contributed by atoms with van der Waals surface area (Å²) in [5.41, 5.74) is 1.99. The Morgan fingerprint density at radius 2 is 1.62 bits per heavy atom. The minimum absolute atomic E-state index is 0.276. The molecule has 190 valence electrons. The van der Waals surface area contributed by atoms with Crippen LogP contribution in [-0.2, 0) is 11.2 Å². The van der Waals surface area contributed by atoms with Gasteiger partial charge in [-0.1, -0.05) is 53.8 Å². The molecule has 0 saturated carbocycles. The summed E-state index contributed by atoms with van der Waals surface area (Å²) in [5.74, 6) is 0.707. The first-order valence-corrected chi connectivity index (χ1v) is 12.2. The Labute approximate surface area is 218 Å². The fraction of sp³-hybridized carbons (Fsp3) is 0.185. The van der Waals surface area contributed by atoms with Crippen molar-refractivity contribution in [3.63, 3.8) is 0 Å². The van der Waals surface area contributed by atoms with Crippen molar-refractivity contribution in [1.29, 1.82) is 0 Å². The van der Waals surface area contributed by atoms with E-state index >= 15 is 0 Å². The number of carbonyl (C=O) groups is 2. The number of benzene rings is 3. The third-order valence-electron chi connectivity index (χ3n) is 5.53. The molecule has 0 aliphatic rings. The van der Waals surface area contributed by atoms with Gasteiger partial charge in [-0.05, 0) is 29.8 Å². The number of amides is 2. The lowest BCUT2D eigenvalue weighted by atomic mass is 10.0. The largest absolute Gasteiger partial charge is 0.497 e. The van der Waals surface area contributed by atoms with Crippen LogP contribution >= 0.6 is 11.3 Å². The Morgan fingerprint density at radius 1 is 0.865 bits per heavy atom. The van der Waals surface area contributed by atoms with Gasteiger partial charge in [-0.15, -0.1) is 10.2 Å². The van der Waals surface area contributed by atoms with Gasteiger partial charge in [0.25, 0.3) is 5.91 Å². The summed E-state index contributed by atoms with van der Waals surface area (Å²) in [6.07, 6.45) is 0.276. The van der Waals surface area contributed by atoms with E-state index in [-0.39, 0.29) is 12.0 Å². The summed E-state index contributed by atoms with van der Waals surface area (Å²) in [6.45, 7) is 0. The molecule has 0 saturated heterocycles. The lowest BCUT2D eigenvalue weighted by molar-refractivity contribution is -0.118. The Kier molecular flexibility index (Phi) is 8.32. The predicted octanol–water partition coefficient (Wildman–Crippen LogP) is 4.21. The van der Waals surface area contributed by atoms with Crippen LogP contribution in [0.5, 0.6) is 17.2 Å². The Balaban J connectivity index is 1.54. The van der Waals surface area contributed by atoms with Gasteiger partial charge in [0, 0.05) is 18.1 Å². The summed E-state index contributed by atoms with van der Waals surface area (Å²) in [4.78, 5) is 26.5. The first-order chi connectivity index (χ1) is 18.0. The van der Waals surface area contributed by atoms with Crippen molar-refractivity contribution >= 4 is 28.3 Å². The lowest BCUT2D eigenvalue weighted by Crippen LogP contribution is -2.45. The standard InChI is InChI=1S/C27H26N4O5S/c1-34-19-11-7-10-18(15-19)26-30-31-27(37-26)29-25(33)22(14-17-8-5-4-6-9-17)28-24(32)21-13-12-20(35-2)16-23(21)36-3/h4-13,15-16,22H,14H2,1-3H3,(H,28,32)(H,29,31,33). The van der Waals surface area contributed by atoms with Gasteiger partial charge in [0.1, 0.15) is 28.3 Å². The molecule has 4 aromatic rings. The maximum Gasteiger partial charge on any atom is 0.255 e. The normalized spacial score (nSPS) is 11.3. The maximum absolute atomic E-state index is 13.3. The predicted molar refractivity (Wildman–Crippen MR) is 141 cm³/mol. The third-order valence-corrected chi connectivity index (χ3v) is 6.42. The van der Waals surface area contributed by atoms with Crippen molar-refractivity contribution in [2.24, 2.45) is 0 Å². The Bertz CT molecular complexity index is 1380. The number of carbonyl (C=O) groups excluding carboxylic acids is 2. The van der Waals surface area contributed by atoms with Crippen molar-refractivity contribution in [2.45, 2.75) is 12.5 Å². The topological polar surface area (TPSA) is 112 Å². The molecule has 2 N–H and O–H groups in total. The zero-order valence-electron chi connectivity index (χ0n) is 20.6. The second-order valence-electron chi connectivity index (χ2n) is 7.92. The fourth-order valence-corrected chi connectivity index (χ4v) is 4.36. The molecule has 0 aliphatic heterocycles. The molecule has 1 atom stereocenters. The van der Waals surface area contributed by atoms with Crippen LogP contribution < -0.4 is 24.8 Å². The van der Waals surface area contributed by atoms with Gasteiger partial charge >= 0.3 is 0 Å². The molecule has 37 heavy (non-hydrogen) atoms. The van der Waals surface area contributed by atoms with Gasteiger partial charge < -0.3 is 19.5 Å². The maximum atomic E-state index is 13.3. The van der Waals surface area contributed by atoms with Crippen LogP contribution in [0.25, 0.3) is 10.6 Å². The molecule has 0 bridgehead atoms. The molecule has 10 heteroatoms. The fourth-order valence-electron chi connectivity index (χ4n) is 3.62. The number of rotatable bonds is 10. The molecular formula is C27H26N4O5S. The van der Waals surface area contributed by atoms with E-state index in [1.807, 2.05) is 54.6 Å².